The Labute approximate surface area is 115 Å². The predicted molar refractivity (Wildman–Crippen MR) is 77.5 cm³/mol. The van der Waals surface area contributed by atoms with Crippen LogP contribution in [0.1, 0.15) is 10.4 Å². The molecule has 0 atom stereocenters. The number of benzene rings is 2. The number of nitrogens with two attached hydrogens (primary N) is 1. The van der Waals surface area contributed by atoms with E-state index in [1.165, 1.54) is 0 Å². The normalized spacial score (nSPS) is 10.8. The van der Waals surface area contributed by atoms with Crippen molar-refractivity contribution in [2.75, 3.05) is 5.73 Å². The first kappa shape index (κ1) is 12.2. The van der Waals surface area contributed by atoms with Gasteiger partial charge in [-0.1, -0.05) is 0 Å². The summed E-state index contributed by atoms with van der Waals surface area (Å²) >= 11 is 0. The summed E-state index contributed by atoms with van der Waals surface area (Å²) in [7, 11) is 1.87. The fourth-order valence-electron chi connectivity index (χ4n) is 2.21. The van der Waals surface area contributed by atoms with Gasteiger partial charge in [0.25, 0.3) is 0 Å². The molecule has 0 saturated heterocycles. The molecule has 5 nitrogen and oxygen atoms in total. The molecular weight excluding hydrogens is 254 g/mol. The zero-order chi connectivity index (χ0) is 14.3. The molecule has 0 bridgehead atoms. The monoisotopic (exact) mass is 267 g/mol. The smallest absolute Gasteiger partial charge is 0.335 e. The van der Waals surface area contributed by atoms with Gasteiger partial charge in [-0.15, -0.1) is 0 Å². The topological polar surface area (TPSA) is 81.1 Å². The van der Waals surface area contributed by atoms with E-state index in [4.69, 9.17) is 10.8 Å². The van der Waals surface area contributed by atoms with Crippen LogP contribution in [0, 0.1) is 0 Å². The number of nitrogens with zero attached hydrogens (tertiary/aromatic N) is 2. The van der Waals surface area contributed by atoms with Crippen LogP contribution >= 0.6 is 0 Å². The Bertz CT molecular complexity index is 804. The van der Waals surface area contributed by atoms with Crippen molar-refractivity contribution in [3.8, 4) is 11.4 Å². The van der Waals surface area contributed by atoms with Gasteiger partial charge >= 0.3 is 5.97 Å². The van der Waals surface area contributed by atoms with Gasteiger partial charge in [0.2, 0.25) is 0 Å². The van der Waals surface area contributed by atoms with Crippen LogP contribution in [0.5, 0.6) is 0 Å². The van der Waals surface area contributed by atoms with Crippen LogP contribution in [0.15, 0.2) is 42.5 Å². The third-order valence-electron chi connectivity index (χ3n) is 3.30. The first-order chi connectivity index (χ1) is 9.56. The lowest BCUT2D eigenvalue weighted by molar-refractivity contribution is 0.0697. The molecule has 2 aromatic carbocycles. The first-order valence-electron chi connectivity index (χ1n) is 6.12. The number of hydrogen-bond acceptors (Lipinski definition) is 3. The summed E-state index contributed by atoms with van der Waals surface area (Å²) in [5.41, 5.74) is 9.12. The number of aromatic carboxylic acids is 1. The fraction of sp³-hybridized carbons (Fsp3) is 0.0667. The maximum Gasteiger partial charge on any atom is 0.335 e. The van der Waals surface area contributed by atoms with Crippen LogP contribution in [-0.4, -0.2) is 20.6 Å². The number of rotatable bonds is 2. The maximum atomic E-state index is 11.0. The Morgan fingerprint density at radius 3 is 2.55 bits per heavy atom. The number of carbonyl (C=O) groups is 1. The van der Waals surface area contributed by atoms with E-state index in [0.29, 0.717) is 5.69 Å². The Morgan fingerprint density at radius 1 is 1.20 bits per heavy atom. The van der Waals surface area contributed by atoms with Crippen molar-refractivity contribution >= 4 is 22.7 Å². The SMILES string of the molecule is Cn1c(-c2ccc(N)cc2)nc2ccc(C(=O)O)cc21. The van der Waals surface area contributed by atoms with Crippen molar-refractivity contribution < 1.29 is 9.90 Å². The zero-order valence-corrected chi connectivity index (χ0v) is 10.9. The molecule has 0 saturated carbocycles. The average molecular weight is 267 g/mol. The number of imidazole rings is 1. The lowest BCUT2D eigenvalue weighted by Gasteiger charge is -2.03. The van der Waals surface area contributed by atoms with E-state index in [9.17, 15) is 4.79 Å². The van der Waals surface area contributed by atoms with Crippen LogP contribution in [-0.2, 0) is 7.05 Å². The van der Waals surface area contributed by atoms with Crippen molar-refractivity contribution in [3.05, 3.63) is 48.0 Å². The van der Waals surface area contributed by atoms with Gasteiger partial charge in [0.15, 0.2) is 0 Å². The highest BCUT2D eigenvalue weighted by Crippen LogP contribution is 2.25. The van der Waals surface area contributed by atoms with Crippen molar-refractivity contribution in [2.24, 2.45) is 7.05 Å². The van der Waals surface area contributed by atoms with Gasteiger partial charge in [0, 0.05) is 18.3 Å². The molecule has 0 fully saturated rings. The third kappa shape index (κ3) is 1.89. The first-order valence-corrected chi connectivity index (χ1v) is 6.12. The van der Waals surface area contributed by atoms with Gasteiger partial charge in [-0.2, -0.15) is 0 Å². The highest BCUT2D eigenvalue weighted by atomic mass is 16.4. The minimum atomic E-state index is -0.942. The standard InChI is InChI=1S/C15H13N3O2/c1-18-13-8-10(15(19)20)4-7-12(13)17-14(18)9-2-5-11(16)6-3-9/h2-8H,16H2,1H3,(H,19,20). The van der Waals surface area contributed by atoms with E-state index in [2.05, 4.69) is 4.98 Å². The molecular formula is C15H13N3O2. The molecule has 1 aromatic heterocycles. The molecule has 0 unspecified atom stereocenters. The second-order valence-electron chi connectivity index (χ2n) is 4.63. The molecule has 5 heteroatoms. The molecule has 0 aliphatic carbocycles. The van der Waals surface area contributed by atoms with Crippen LogP contribution in [0.3, 0.4) is 0 Å². The second-order valence-corrected chi connectivity index (χ2v) is 4.63. The summed E-state index contributed by atoms with van der Waals surface area (Å²) in [6, 6.07) is 12.3. The Hall–Kier alpha value is -2.82. The molecule has 3 rings (SSSR count). The number of hydrogen-bond donors (Lipinski definition) is 2. The third-order valence-corrected chi connectivity index (χ3v) is 3.30. The number of aromatic nitrogens is 2. The summed E-state index contributed by atoms with van der Waals surface area (Å²) < 4.78 is 1.88. The van der Waals surface area contributed by atoms with Crippen molar-refractivity contribution in [1.29, 1.82) is 0 Å². The van der Waals surface area contributed by atoms with Crippen molar-refractivity contribution in [3.63, 3.8) is 0 Å². The molecule has 1 heterocycles. The summed E-state index contributed by atoms with van der Waals surface area (Å²) in [6.45, 7) is 0. The quantitative estimate of drug-likeness (QED) is 0.699. The molecule has 3 aromatic rings. The Morgan fingerprint density at radius 2 is 1.90 bits per heavy atom. The summed E-state index contributed by atoms with van der Waals surface area (Å²) in [5, 5.41) is 9.05. The van der Waals surface area contributed by atoms with E-state index in [-0.39, 0.29) is 5.56 Å². The van der Waals surface area contributed by atoms with E-state index in [0.717, 1.165) is 22.4 Å². The number of fused-ring (bicyclic) bond motifs is 1. The molecule has 0 spiro atoms. The molecule has 0 aliphatic rings. The summed E-state index contributed by atoms with van der Waals surface area (Å²) in [5.74, 6) is -0.162. The zero-order valence-electron chi connectivity index (χ0n) is 10.9. The highest BCUT2D eigenvalue weighted by molar-refractivity contribution is 5.93. The lowest BCUT2D eigenvalue weighted by atomic mass is 10.2. The minimum absolute atomic E-state index is 0.254. The fourth-order valence-corrected chi connectivity index (χ4v) is 2.21. The van der Waals surface area contributed by atoms with Gasteiger partial charge in [-0.25, -0.2) is 9.78 Å². The largest absolute Gasteiger partial charge is 0.478 e. The maximum absolute atomic E-state index is 11.0. The average Bonchev–Trinajstić information content (AvgIpc) is 2.76. The van der Waals surface area contributed by atoms with E-state index in [1.807, 2.05) is 35.9 Å². The van der Waals surface area contributed by atoms with Crippen LogP contribution < -0.4 is 5.73 Å². The highest BCUT2D eigenvalue weighted by Gasteiger charge is 2.12. The Balaban J connectivity index is 2.20. The number of carboxylic acid groups (broad SMARTS) is 1. The summed E-state index contributed by atoms with van der Waals surface area (Å²) in [6.07, 6.45) is 0. The number of aryl methyl sites for hydroxylation is 1. The van der Waals surface area contributed by atoms with Crippen molar-refractivity contribution in [2.45, 2.75) is 0 Å². The molecule has 0 amide bonds. The van der Waals surface area contributed by atoms with Gasteiger partial charge in [0.05, 0.1) is 16.6 Å². The van der Waals surface area contributed by atoms with E-state index in [1.54, 1.807) is 18.2 Å². The van der Waals surface area contributed by atoms with E-state index < -0.39 is 5.97 Å². The number of nitrogen functional groups attached to an aromatic ring is 1. The predicted octanol–water partition coefficient (Wildman–Crippen LogP) is 2.52. The summed E-state index contributed by atoms with van der Waals surface area (Å²) in [4.78, 5) is 15.6. The molecule has 0 radical (unpaired) electrons. The second kappa shape index (κ2) is 4.38. The van der Waals surface area contributed by atoms with Gasteiger partial charge < -0.3 is 15.4 Å². The number of anilines is 1. The number of carboxylic acids is 1. The van der Waals surface area contributed by atoms with Crippen LogP contribution in [0.4, 0.5) is 5.69 Å². The Kier molecular flexibility index (Phi) is 2.68. The molecule has 0 aliphatic heterocycles. The van der Waals surface area contributed by atoms with Crippen LogP contribution in [0.25, 0.3) is 22.4 Å². The van der Waals surface area contributed by atoms with Crippen molar-refractivity contribution in [1.82, 2.24) is 9.55 Å². The van der Waals surface area contributed by atoms with Crippen LogP contribution in [0.2, 0.25) is 0 Å². The van der Waals surface area contributed by atoms with Gasteiger partial charge in [0.1, 0.15) is 5.82 Å². The molecule has 20 heavy (non-hydrogen) atoms. The van der Waals surface area contributed by atoms with E-state index >= 15 is 0 Å². The molecule has 3 N–H and O–H groups in total. The van der Waals surface area contributed by atoms with Gasteiger partial charge in [-0.05, 0) is 42.5 Å². The lowest BCUT2D eigenvalue weighted by Crippen LogP contribution is -1.97. The minimum Gasteiger partial charge on any atom is -0.478 e. The van der Waals surface area contributed by atoms with Gasteiger partial charge in [-0.3, -0.25) is 0 Å². The molecule has 100 valence electrons.